The molecule has 28 heavy (non-hydrogen) atoms. The van der Waals surface area contributed by atoms with Gasteiger partial charge in [0.1, 0.15) is 0 Å². The lowest BCUT2D eigenvalue weighted by Gasteiger charge is -2.43. The first-order valence-corrected chi connectivity index (χ1v) is 10.2. The quantitative estimate of drug-likeness (QED) is 0.303. The summed E-state index contributed by atoms with van der Waals surface area (Å²) in [7, 11) is -4.07. The minimum Gasteiger partial charge on any atom is -0.456 e. The molecule has 1 fully saturated rings. The Balaban J connectivity index is 3.26. The lowest BCUT2D eigenvalue weighted by Crippen LogP contribution is -2.61. The van der Waals surface area contributed by atoms with Gasteiger partial charge in [-0.3, -0.25) is 28.0 Å². The van der Waals surface area contributed by atoms with E-state index in [-0.39, 0.29) is 13.2 Å². The number of ether oxygens (including phenoxy) is 4. The van der Waals surface area contributed by atoms with E-state index in [1.54, 1.807) is 13.8 Å². The van der Waals surface area contributed by atoms with Crippen LogP contribution in [0.4, 0.5) is 0 Å². The Hall–Kier alpha value is -1.52. The summed E-state index contributed by atoms with van der Waals surface area (Å²) < 4.78 is 49.5. The van der Waals surface area contributed by atoms with Crippen molar-refractivity contribution in [3.8, 4) is 0 Å². The number of carbonyl (C=O) groups is 3. The Morgan fingerprint density at radius 3 is 1.68 bits per heavy atom. The van der Waals surface area contributed by atoms with E-state index in [2.05, 4.69) is 0 Å². The second kappa shape index (κ2) is 10.9. The highest BCUT2D eigenvalue weighted by Gasteiger charge is 2.53. The van der Waals surface area contributed by atoms with Gasteiger partial charge in [0.25, 0.3) is 0 Å². The molecule has 1 heterocycles. The SMILES string of the molecule is CCOP(=O)(OCC)O[C@@H]1O[C@@H](C)[C@H](OC(C)=O)[C@@H](OC(C)=O)[C@H]1OC(C)=O. The number of phosphoric acid groups is 1. The minimum absolute atomic E-state index is 0.0151. The Kier molecular flexibility index (Phi) is 9.52. The molecule has 5 atom stereocenters. The van der Waals surface area contributed by atoms with Crippen LogP contribution in [0.25, 0.3) is 0 Å². The lowest BCUT2D eigenvalue weighted by molar-refractivity contribution is -0.283. The maximum absolute atomic E-state index is 12.7. The molecule has 1 rings (SSSR count). The summed E-state index contributed by atoms with van der Waals surface area (Å²) >= 11 is 0. The number of esters is 3. The van der Waals surface area contributed by atoms with Crippen LogP contribution in [0.3, 0.4) is 0 Å². The highest BCUT2D eigenvalue weighted by molar-refractivity contribution is 7.48. The Labute approximate surface area is 163 Å². The zero-order valence-corrected chi connectivity index (χ0v) is 17.6. The number of rotatable bonds is 9. The van der Waals surface area contributed by atoms with E-state index in [0.717, 1.165) is 13.8 Å². The van der Waals surface area contributed by atoms with Crippen molar-refractivity contribution in [3.63, 3.8) is 0 Å². The van der Waals surface area contributed by atoms with E-state index in [1.807, 2.05) is 0 Å². The fourth-order valence-corrected chi connectivity index (χ4v) is 3.85. The third-order valence-electron chi connectivity index (χ3n) is 3.44. The second-order valence-electron chi connectivity index (χ2n) is 5.82. The smallest absolute Gasteiger partial charge is 0.456 e. The molecule has 0 spiro atoms. The van der Waals surface area contributed by atoms with Gasteiger partial charge in [0, 0.05) is 20.8 Å². The normalized spacial score (nSPS) is 27.7. The molecule has 0 N–H and O–H groups in total. The second-order valence-corrected chi connectivity index (χ2v) is 7.44. The van der Waals surface area contributed by atoms with Crippen LogP contribution in [0.2, 0.25) is 0 Å². The first-order chi connectivity index (χ1) is 13.0. The van der Waals surface area contributed by atoms with Gasteiger partial charge in [-0.05, 0) is 20.8 Å². The zero-order valence-electron chi connectivity index (χ0n) is 16.7. The molecule has 1 aliphatic rings. The largest absolute Gasteiger partial charge is 0.477 e. The summed E-state index contributed by atoms with van der Waals surface area (Å²) in [5.74, 6) is -2.13. The van der Waals surface area contributed by atoms with Crippen LogP contribution < -0.4 is 0 Å². The minimum atomic E-state index is -4.07. The summed E-state index contributed by atoms with van der Waals surface area (Å²) in [6.07, 6.45) is -6.09. The van der Waals surface area contributed by atoms with Crippen LogP contribution in [0.15, 0.2) is 0 Å². The molecular weight excluding hydrogens is 399 g/mol. The number of carbonyl (C=O) groups excluding carboxylic acids is 3. The number of phosphoric ester groups is 1. The maximum atomic E-state index is 12.7. The molecule has 0 aliphatic carbocycles. The van der Waals surface area contributed by atoms with Gasteiger partial charge in [0.2, 0.25) is 6.29 Å². The van der Waals surface area contributed by atoms with Crippen molar-refractivity contribution in [2.24, 2.45) is 0 Å². The highest BCUT2D eigenvalue weighted by atomic mass is 31.2. The summed E-state index contributed by atoms with van der Waals surface area (Å²) in [5, 5.41) is 0. The average Bonchev–Trinajstić information content (AvgIpc) is 2.53. The molecule has 11 nitrogen and oxygen atoms in total. The van der Waals surface area contributed by atoms with Crippen molar-refractivity contribution < 1.29 is 51.5 Å². The van der Waals surface area contributed by atoms with Crippen molar-refractivity contribution in [3.05, 3.63) is 0 Å². The van der Waals surface area contributed by atoms with Crippen LogP contribution in [0.1, 0.15) is 41.5 Å². The molecule has 0 aromatic heterocycles. The van der Waals surface area contributed by atoms with Gasteiger partial charge in [-0.15, -0.1) is 0 Å². The van der Waals surface area contributed by atoms with Crippen molar-refractivity contribution in [1.82, 2.24) is 0 Å². The molecule has 0 aromatic carbocycles. The molecule has 0 bridgehead atoms. The molecule has 1 saturated heterocycles. The molecule has 0 saturated carbocycles. The van der Waals surface area contributed by atoms with E-state index < -0.39 is 56.4 Å². The van der Waals surface area contributed by atoms with Crippen LogP contribution in [-0.2, 0) is 51.5 Å². The lowest BCUT2D eigenvalue weighted by atomic mass is 9.99. The third kappa shape index (κ3) is 7.14. The van der Waals surface area contributed by atoms with Gasteiger partial charge < -0.3 is 18.9 Å². The van der Waals surface area contributed by atoms with E-state index >= 15 is 0 Å². The summed E-state index contributed by atoms with van der Waals surface area (Å²) in [6.45, 7) is 8.14. The molecule has 0 unspecified atom stereocenters. The predicted molar refractivity (Wildman–Crippen MR) is 92.9 cm³/mol. The molecule has 1 aliphatic heterocycles. The Bertz CT molecular complexity index is 597. The highest BCUT2D eigenvalue weighted by Crippen LogP contribution is 2.52. The Morgan fingerprint density at radius 1 is 0.821 bits per heavy atom. The Morgan fingerprint density at radius 2 is 1.25 bits per heavy atom. The molecule has 12 heteroatoms. The molecule has 0 amide bonds. The monoisotopic (exact) mass is 426 g/mol. The standard InChI is InChI=1S/C16H27O11P/c1-7-21-28(20,22-8-2)27-16-15(26-12(6)19)14(25-11(5)18)13(9(3)23-16)24-10(4)17/h9,13-16H,7-8H2,1-6H3/t9-,13-,14+,15+,16-/m0/s1. The van der Waals surface area contributed by atoms with Crippen LogP contribution in [-0.4, -0.2) is 61.8 Å². The van der Waals surface area contributed by atoms with Gasteiger partial charge in [0.05, 0.1) is 19.3 Å². The molecular formula is C16H27O11P. The van der Waals surface area contributed by atoms with Crippen molar-refractivity contribution in [2.75, 3.05) is 13.2 Å². The van der Waals surface area contributed by atoms with Crippen LogP contribution >= 0.6 is 7.82 Å². The number of hydrogen-bond donors (Lipinski definition) is 0. The first kappa shape index (κ1) is 24.5. The number of hydrogen-bond acceptors (Lipinski definition) is 11. The average molecular weight is 426 g/mol. The van der Waals surface area contributed by atoms with Gasteiger partial charge in [0.15, 0.2) is 18.3 Å². The van der Waals surface area contributed by atoms with Crippen LogP contribution in [0, 0.1) is 0 Å². The van der Waals surface area contributed by atoms with Crippen molar-refractivity contribution >= 4 is 25.7 Å². The maximum Gasteiger partial charge on any atom is 0.477 e. The van der Waals surface area contributed by atoms with E-state index in [0.29, 0.717) is 0 Å². The van der Waals surface area contributed by atoms with E-state index in [9.17, 15) is 18.9 Å². The third-order valence-corrected chi connectivity index (χ3v) is 5.06. The van der Waals surface area contributed by atoms with E-state index in [1.165, 1.54) is 13.8 Å². The fraction of sp³-hybridized carbons (Fsp3) is 0.812. The van der Waals surface area contributed by atoms with Gasteiger partial charge >= 0.3 is 25.7 Å². The fourth-order valence-electron chi connectivity index (χ4n) is 2.60. The zero-order chi connectivity index (χ0) is 21.5. The van der Waals surface area contributed by atoms with Crippen LogP contribution in [0.5, 0.6) is 0 Å². The summed E-state index contributed by atoms with van der Waals surface area (Å²) in [4.78, 5) is 34.6. The van der Waals surface area contributed by atoms with E-state index in [4.69, 9.17) is 32.5 Å². The summed E-state index contributed by atoms with van der Waals surface area (Å²) in [5.41, 5.74) is 0. The molecule has 0 radical (unpaired) electrons. The molecule has 0 aromatic rings. The van der Waals surface area contributed by atoms with Gasteiger partial charge in [-0.25, -0.2) is 4.57 Å². The van der Waals surface area contributed by atoms with Crippen molar-refractivity contribution in [2.45, 2.75) is 72.2 Å². The molecule has 162 valence electrons. The van der Waals surface area contributed by atoms with Gasteiger partial charge in [-0.2, -0.15) is 0 Å². The van der Waals surface area contributed by atoms with Gasteiger partial charge in [-0.1, -0.05) is 0 Å². The summed E-state index contributed by atoms with van der Waals surface area (Å²) in [6, 6.07) is 0. The van der Waals surface area contributed by atoms with Crippen molar-refractivity contribution in [1.29, 1.82) is 0 Å². The predicted octanol–water partition coefficient (Wildman–Crippen LogP) is 1.72. The topological polar surface area (TPSA) is 133 Å². The first-order valence-electron chi connectivity index (χ1n) is 8.77.